The van der Waals surface area contributed by atoms with E-state index in [0.29, 0.717) is 54.1 Å². The molecule has 0 aliphatic carbocycles. The van der Waals surface area contributed by atoms with E-state index in [-0.39, 0.29) is 23.9 Å². The number of benzene rings is 3. The number of nitrogens with zero attached hydrogens (tertiary/aromatic N) is 3. The fourth-order valence-corrected chi connectivity index (χ4v) is 5.99. The molecule has 2 N–H and O–H groups in total. The summed E-state index contributed by atoms with van der Waals surface area (Å²) in [7, 11) is 3.32. The van der Waals surface area contributed by atoms with Crippen LogP contribution in [0, 0.1) is 0 Å². The first kappa shape index (κ1) is 37.0. The van der Waals surface area contributed by atoms with Crippen LogP contribution in [-0.2, 0) is 28.8 Å². The number of anilines is 2. The van der Waals surface area contributed by atoms with Crippen LogP contribution in [0.4, 0.5) is 24.5 Å². The van der Waals surface area contributed by atoms with Crippen LogP contribution in [0.1, 0.15) is 69.5 Å². The normalized spacial score (nSPS) is 13.1. The first-order valence-electron chi connectivity index (χ1n) is 16.9. The van der Waals surface area contributed by atoms with Gasteiger partial charge in [0.05, 0.1) is 16.9 Å². The van der Waals surface area contributed by atoms with Gasteiger partial charge in [-0.1, -0.05) is 24.3 Å². The maximum atomic E-state index is 13.6. The Balaban J connectivity index is 1.36. The van der Waals surface area contributed by atoms with E-state index in [1.165, 1.54) is 24.4 Å². The van der Waals surface area contributed by atoms with Crippen molar-refractivity contribution in [3.8, 4) is 11.3 Å². The summed E-state index contributed by atoms with van der Waals surface area (Å²) >= 11 is 0. The third-order valence-corrected chi connectivity index (χ3v) is 8.75. The van der Waals surface area contributed by atoms with E-state index in [0.717, 1.165) is 55.7 Å². The zero-order chi connectivity index (χ0) is 36.4. The van der Waals surface area contributed by atoms with Gasteiger partial charge in [0.1, 0.15) is 0 Å². The lowest BCUT2D eigenvalue weighted by atomic mass is 10.0. The molecule has 268 valence electrons. The maximum absolute atomic E-state index is 13.6. The molecule has 0 radical (unpaired) electrons. The molecule has 0 atom stereocenters. The molecule has 5 rings (SSSR count). The molecular weight excluding hydrogens is 659 g/mol. The number of rotatable bonds is 13. The number of carbonyl (C=O) groups excluding carboxylic acids is 3. The minimum absolute atomic E-state index is 0.0144. The van der Waals surface area contributed by atoms with Crippen molar-refractivity contribution in [3.05, 3.63) is 113 Å². The van der Waals surface area contributed by atoms with E-state index in [2.05, 4.69) is 20.5 Å². The van der Waals surface area contributed by atoms with Crippen molar-refractivity contribution >= 4 is 29.1 Å². The highest BCUT2D eigenvalue weighted by Crippen LogP contribution is 2.33. The van der Waals surface area contributed by atoms with Crippen LogP contribution in [0.2, 0.25) is 0 Å². The number of piperidine rings is 1. The summed E-state index contributed by atoms with van der Waals surface area (Å²) in [5.74, 6) is -0.847. The van der Waals surface area contributed by atoms with Gasteiger partial charge in [0.25, 0.3) is 11.8 Å². The van der Waals surface area contributed by atoms with Gasteiger partial charge in [0.2, 0.25) is 5.91 Å². The molecule has 3 amide bonds. The van der Waals surface area contributed by atoms with E-state index in [1.54, 1.807) is 43.3 Å². The number of aromatic nitrogens is 1. The molecule has 1 aliphatic heterocycles. The summed E-state index contributed by atoms with van der Waals surface area (Å²) in [5, 5.41) is 5.72. The molecule has 4 aromatic rings. The average Bonchev–Trinajstić information content (AvgIpc) is 3.14. The second-order valence-electron chi connectivity index (χ2n) is 12.6. The number of hydrogen-bond donors (Lipinski definition) is 2. The van der Waals surface area contributed by atoms with E-state index in [9.17, 15) is 27.6 Å². The minimum Gasteiger partial charge on any atom is -0.385 e. The van der Waals surface area contributed by atoms with E-state index < -0.39 is 17.6 Å². The highest BCUT2D eigenvalue weighted by atomic mass is 19.4. The number of nitrogens with one attached hydrogen (secondary N) is 2. The van der Waals surface area contributed by atoms with Crippen LogP contribution in [-0.4, -0.2) is 61.5 Å². The van der Waals surface area contributed by atoms with Crippen LogP contribution in [0.25, 0.3) is 11.3 Å². The van der Waals surface area contributed by atoms with E-state index in [1.807, 2.05) is 24.3 Å². The largest absolute Gasteiger partial charge is 0.416 e. The molecule has 2 heterocycles. The Morgan fingerprint density at radius 2 is 1.63 bits per heavy atom. The Hall–Kier alpha value is -5.23. The Morgan fingerprint density at radius 1 is 0.882 bits per heavy atom. The van der Waals surface area contributed by atoms with Gasteiger partial charge in [-0.2, -0.15) is 13.2 Å². The van der Waals surface area contributed by atoms with Gasteiger partial charge < -0.3 is 25.2 Å². The van der Waals surface area contributed by atoms with Crippen molar-refractivity contribution in [2.75, 3.05) is 44.1 Å². The Morgan fingerprint density at radius 3 is 2.39 bits per heavy atom. The van der Waals surface area contributed by atoms with Gasteiger partial charge in [0.15, 0.2) is 0 Å². The van der Waals surface area contributed by atoms with Gasteiger partial charge in [0, 0.05) is 81.9 Å². The lowest BCUT2D eigenvalue weighted by Crippen LogP contribution is -2.29. The number of alkyl halides is 3. The fourth-order valence-electron chi connectivity index (χ4n) is 5.99. The Kier molecular flexibility index (Phi) is 12.4. The second kappa shape index (κ2) is 17.1. The van der Waals surface area contributed by atoms with Crippen molar-refractivity contribution in [2.24, 2.45) is 0 Å². The van der Waals surface area contributed by atoms with Gasteiger partial charge >= 0.3 is 6.18 Å². The molecule has 1 fully saturated rings. The van der Waals surface area contributed by atoms with Crippen LogP contribution in [0.5, 0.6) is 0 Å². The average molecular weight is 702 g/mol. The standard InChI is InChI=1S/C39H42F3N5O4/c1-46(36(48)13-8-20-51-2)26-28-10-6-11-29(21-28)38(50)45-34-15-14-32(47-18-4-3-5-19-47)24-33(34)35-23-30(16-17-43-35)37(49)44-25-27-9-7-12-31(22-27)39(40,41)42/h6-7,9-12,14-17,21-24H,3-5,8,13,18-20,25-26H2,1-2H3,(H,44,49)(H,45,50). The predicted molar refractivity (Wildman–Crippen MR) is 190 cm³/mol. The first-order chi connectivity index (χ1) is 24.5. The van der Waals surface area contributed by atoms with Crippen LogP contribution in [0.15, 0.2) is 85.1 Å². The van der Waals surface area contributed by atoms with Crippen LogP contribution >= 0.6 is 0 Å². The van der Waals surface area contributed by atoms with Crippen molar-refractivity contribution in [2.45, 2.75) is 51.4 Å². The number of carbonyl (C=O) groups is 3. The third kappa shape index (κ3) is 10.2. The number of methoxy groups -OCH3 is 1. The highest BCUT2D eigenvalue weighted by Gasteiger charge is 2.30. The number of ether oxygens (including phenoxy) is 1. The summed E-state index contributed by atoms with van der Waals surface area (Å²) < 4.78 is 44.6. The summed E-state index contributed by atoms with van der Waals surface area (Å²) in [6, 6.07) is 20.8. The molecule has 51 heavy (non-hydrogen) atoms. The molecule has 0 unspecified atom stereocenters. The Bertz CT molecular complexity index is 1840. The fraction of sp³-hybridized carbons (Fsp3) is 0.333. The minimum atomic E-state index is -4.49. The molecule has 3 aromatic carbocycles. The van der Waals surface area contributed by atoms with Gasteiger partial charge in [-0.3, -0.25) is 19.4 Å². The molecule has 12 heteroatoms. The molecular formula is C39H42F3N5O4. The summed E-state index contributed by atoms with van der Waals surface area (Å²) in [4.78, 5) is 47.8. The number of pyridine rings is 1. The molecule has 1 aromatic heterocycles. The lowest BCUT2D eigenvalue weighted by molar-refractivity contribution is -0.137. The molecule has 0 spiro atoms. The zero-order valence-corrected chi connectivity index (χ0v) is 28.8. The second-order valence-corrected chi connectivity index (χ2v) is 12.6. The monoisotopic (exact) mass is 701 g/mol. The predicted octanol–water partition coefficient (Wildman–Crippen LogP) is 7.33. The molecule has 0 saturated carbocycles. The van der Waals surface area contributed by atoms with Gasteiger partial charge in [-0.25, -0.2) is 0 Å². The quantitative estimate of drug-likeness (QED) is 0.142. The molecule has 0 bridgehead atoms. The summed E-state index contributed by atoms with van der Waals surface area (Å²) in [6.45, 7) is 2.55. The SMILES string of the molecule is COCCCC(=O)N(C)Cc1cccc(C(=O)Nc2ccc(N3CCCCC3)cc2-c2cc(C(=O)NCc3cccc(C(F)(F)F)c3)ccn2)c1. The van der Waals surface area contributed by atoms with E-state index >= 15 is 0 Å². The van der Waals surface area contributed by atoms with E-state index in [4.69, 9.17) is 4.74 Å². The Labute approximate surface area is 295 Å². The summed E-state index contributed by atoms with van der Waals surface area (Å²) in [6.07, 6.45) is 1.30. The van der Waals surface area contributed by atoms with Crippen molar-refractivity contribution in [1.82, 2.24) is 15.2 Å². The first-order valence-corrected chi connectivity index (χ1v) is 16.9. The number of halogens is 3. The van der Waals surface area contributed by atoms with Gasteiger partial charge in [-0.05, 0) is 91.4 Å². The van der Waals surface area contributed by atoms with Gasteiger partial charge in [-0.15, -0.1) is 0 Å². The molecule has 9 nitrogen and oxygen atoms in total. The third-order valence-electron chi connectivity index (χ3n) is 8.75. The van der Waals surface area contributed by atoms with Crippen molar-refractivity contribution in [1.29, 1.82) is 0 Å². The lowest BCUT2D eigenvalue weighted by Gasteiger charge is -2.29. The van der Waals surface area contributed by atoms with Crippen LogP contribution < -0.4 is 15.5 Å². The van der Waals surface area contributed by atoms with Crippen LogP contribution in [0.3, 0.4) is 0 Å². The number of hydrogen-bond acceptors (Lipinski definition) is 6. The van der Waals surface area contributed by atoms with Crippen molar-refractivity contribution in [3.63, 3.8) is 0 Å². The smallest absolute Gasteiger partial charge is 0.385 e. The zero-order valence-electron chi connectivity index (χ0n) is 28.8. The highest BCUT2D eigenvalue weighted by molar-refractivity contribution is 6.06. The van der Waals surface area contributed by atoms with Crippen molar-refractivity contribution < 1.29 is 32.3 Å². The summed E-state index contributed by atoms with van der Waals surface area (Å²) in [5.41, 5.74) is 3.51. The molecule has 1 aliphatic rings. The molecule has 1 saturated heterocycles. The topological polar surface area (TPSA) is 104 Å². The maximum Gasteiger partial charge on any atom is 0.416 e. The number of amides is 3.